The van der Waals surface area contributed by atoms with E-state index in [0.29, 0.717) is 12.6 Å². The van der Waals surface area contributed by atoms with Gasteiger partial charge in [0.05, 0.1) is 18.5 Å². The molecule has 0 amide bonds. The number of rotatable bonds is 2. The highest BCUT2D eigenvalue weighted by Gasteiger charge is 2.13. The third-order valence-electron chi connectivity index (χ3n) is 1.48. The van der Waals surface area contributed by atoms with Gasteiger partial charge in [-0.1, -0.05) is 0 Å². The van der Waals surface area contributed by atoms with Crippen molar-refractivity contribution in [2.45, 2.75) is 26.0 Å². The molecule has 0 aromatic heterocycles. The van der Waals surface area contributed by atoms with E-state index >= 15 is 0 Å². The van der Waals surface area contributed by atoms with E-state index in [2.05, 4.69) is 11.9 Å². The molecule has 1 N–H and O–H groups in total. The van der Waals surface area contributed by atoms with Crippen molar-refractivity contribution in [2.75, 3.05) is 13.1 Å². The van der Waals surface area contributed by atoms with E-state index in [0.717, 1.165) is 6.54 Å². The maximum Gasteiger partial charge on any atom is 0.0855 e. The fourth-order valence-corrected chi connectivity index (χ4v) is 1.10. The number of aliphatic imine (C=N–C) groups is 1. The van der Waals surface area contributed by atoms with E-state index in [4.69, 9.17) is 5.11 Å². The van der Waals surface area contributed by atoms with Crippen molar-refractivity contribution < 1.29 is 5.11 Å². The molecular weight excluding hydrogens is 128 g/mol. The summed E-state index contributed by atoms with van der Waals surface area (Å²) in [5.74, 6) is 0. The van der Waals surface area contributed by atoms with Crippen LogP contribution in [0.25, 0.3) is 0 Å². The van der Waals surface area contributed by atoms with E-state index in [-0.39, 0.29) is 6.10 Å². The normalized spacial score (nSPS) is 27.5. The van der Waals surface area contributed by atoms with Gasteiger partial charge in [0.15, 0.2) is 0 Å². The predicted octanol–water partition coefficient (Wildman–Crippen LogP) is 0.0996. The second kappa shape index (κ2) is 3.01. The zero-order valence-corrected chi connectivity index (χ0v) is 6.49. The Morgan fingerprint density at radius 1 is 1.90 bits per heavy atom. The van der Waals surface area contributed by atoms with Gasteiger partial charge in [0, 0.05) is 13.1 Å². The summed E-state index contributed by atoms with van der Waals surface area (Å²) in [5, 5.41) is 9.00. The summed E-state index contributed by atoms with van der Waals surface area (Å²) in [5.41, 5.74) is 0. The molecule has 0 aromatic carbocycles. The van der Waals surface area contributed by atoms with Gasteiger partial charge in [-0.25, -0.2) is 0 Å². The van der Waals surface area contributed by atoms with Crippen LogP contribution in [0, 0.1) is 0 Å². The van der Waals surface area contributed by atoms with E-state index in [1.165, 1.54) is 0 Å². The van der Waals surface area contributed by atoms with Crippen LogP contribution in [0.4, 0.5) is 0 Å². The molecule has 0 aromatic rings. The van der Waals surface area contributed by atoms with Crippen molar-refractivity contribution in [3.63, 3.8) is 0 Å². The standard InChI is InChI=1S/C7H14N2O/c1-6-3-9(5-8-6)4-7(2)10/h5-7,10H,3-4H2,1-2H3. The summed E-state index contributed by atoms with van der Waals surface area (Å²) in [7, 11) is 0. The monoisotopic (exact) mass is 142 g/mol. The summed E-state index contributed by atoms with van der Waals surface area (Å²) in [6.07, 6.45) is 1.56. The van der Waals surface area contributed by atoms with Crippen LogP contribution in [0.15, 0.2) is 4.99 Å². The SMILES string of the molecule is CC(O)CN1C=NC(C)C1. The van der Waals surface area contributed by atoms with Gasteiger partial charge >= 0.3 is 0 Å². The first-order valence-electron chi connectivity index (χ1n) is 3.64. The number of β-amino-alcohol motifs (C(OH)–C–C–N with tert-alkyl or cyclic N) is 1. The third-order valence-corrected chi connectivity index (χ3v) is 1.48. The largest absolute Gasteiger partial charge is 0.392 e. The highest BCUT2D eigenvalue weighted by molar-refractivity contribution is 5.57. The van der Waals surface area contributed by atoms with Gasteiger partial charge < -0.3 is 10.0 Å². The first kappa shape index (κ1) is 7.54. The zero-order valence-electron chi connectivity index (χ0n) is 6.49. The molecule has 1 rings (SSSR count). The lowest BCUT2D eigenvalue weighted by Gasteiger charge is -2.16. The lowest BCUT2D eigenvalue weighted by Crippen LogP contribution is -2.29. The minimum Gasteiger partial charge on any atom is -0.392 e. The fourth-order valence-electron chi connectivity index (χ4n) is 1.10. The van der Waals surface area contributed by atoms with Crippen LogP contribution in [0.2, 0.25) is 0 Å². The van der Waals surface area contributed by atoms with Crippen molar-refractivity contribution >= 4 is 6.34 Å². The van der Waals surface area contributed by atoms with Gasteiger partial charge in [-0.2, -0.15) is 0 Å². The molecule has 0 fully saturated rings. The van der Waals surface area contributed by atoms with Crippen molar-refractivity contribution in [2.24, 2.45) is 4.99 Å². The van der Waals surface area contributed by atoms with Crippen LogP contribution >= 0.6 is 0 Å². The van der Waals surface area contributed by atoms with Gasteiger partial charge in [-0.3, -0.25) is 4.99 Å². The highest BCUT2D eigenvalue weighted by atomic mass is 16.3. The molecule has 1 heterocycles. The minimum absolute atomic E-state index is 0.253. The molecule has 58 valence electrons. The summed E-state index contributed by atoms with van der Waals surface area (Å²) < 4.78 is 0. The number of hydrogen-bond donors (Lipinski definition) is 1. The predicted molar refractivity (Wildman–Crippen MR) is 41.2 cm³/mol. The Morgan fingerprint density at radius 3 is 3.00 bits per heavy atom. The summed E-state index contributed by atoms with van der Waals surface area (Å²) in [6, 6.07) is 0.402. The number of hydrogen-bond acceptors (Lipinski definition) is 3. The highest BCUT2D eigenvalue weighted by Crippen LogP contribution is 2.02. The second-order valence-electron chi connectivity index (χ2n) is 2.92. The Balaban J connectivity index is 2.26. The van der Waals surface area contributed by atoms with Crippen molar-refractivity contribution in [1.29, 1.82) is 0 Å². The van der Waals surface area contributed by atoms with Crippen LogP contribution in [-0.4, -0.2) is 41.6 Å². The molecule has 0 saturated heterocycles. The lowest BCUT2D eigenvalue weighted by molar-refractivity contribution is 0.163. The van der Waals surface area contributed by atoms with Gasteiger partial charge in [0.1, 0.15) is 0 Å². The molecule has 0 radical (unpaired) electrons. The maximum atomic E-state index is 9.00. The van der Waals surface area contributed by atoms with Gasteiger partial charge in [-0.15, -0.1) is 0 Å². The summed E-state index contributed by atoms with van der Waals surface area (Å²) >= 11 is 0. The zero-order chi connectivity index (χ0) is 7.56. The smallest absolute Gasteiger partial charge is 0.0855 e. The summed E-state index contributed by atoms with van der Waals surface area (Å²) in [4.78, 5) is 6.20. The Labute approximate surface area is 61.4 Å². The average Bonchev–Trinajstić information content (AvgIpc) is 2.13. The molecule has 3 heteroatoms. The fraction of sp³-hybridized carbons (Fsp3) is 0.857. The molecule has 0 saturated carbocycles. The topological polar surface area (TPSA) is 35.8 Å². The number of aliphatic hydroxyl groups is 1. The minimum atomic E-state index is -0.253. The maximum absolute atomic E-state index is 9.00. The Kier molecular flexibility index (Phi) is 2.27. The Morgan fingerprint density at radius 2 is 2.60 bits per heavy atom. The molecule has 0 spiro atoms. The molecule has 2 unspecified atom stereocenters. The van der Waals surface area contributed by atoms with Crippen LogP contribution in [-0.2, 0) is 0 Å². The quantitative estimate of drug-likeness (QED) is 0.593. The molecule has 3 nitrogen and oxygen atoms in total. The number of nitrogens with zero attached hydrogens (tertiary/aromatic N) is 2. The van der Waals surface area contributed by atoms with Crippen molar-refractivity contribution in [1.82, 2.24) is 4.90 Å². The average molecular weight is 142 g/mol. The van der Waals surface area contributed by atoms with Crippen LogP contribution < -0.4 is 0 Å². The Hall–Kier alpha value is -0.570. The number of aliphatic hydroxyl groups excluding tert-OH is 1. The van der Waals surface area contributed by atoms with Gasteiger partial charge in [0.25, 0.3) is 0 Å². The van der Waals surface area contributed by atoms with Crippen LogP contribution in [0.3, 0.4) is 0 Å². The first-order valence-corrected chi connectivity index (χ1v) is 3.64. The van der Waals surface area contributed by atoms with Crippen LogP contribution in [0.5, 0.6) is 0 Å². The molecule has 0 aliphatic carbocycles. The second-order valence-corrected chi connectivity index (χ2v) is 2.92. The Bertz CT molecular complexity index is 134. The van der Waals surface area contributed by atoms with Crippen LogP contribution in [0.1, 0.15) is 13.8 Å². The van der Waals surface area contributed by atoms with Gasteiger partial charge in [0.2, 0.25) is 0 Å². The molecule has 10 heavy (non-hydrogen) atoms. The van der Waals surface area contributed by atoms with E-state index in [9.17, 15) is 0 Å². The third kappa shape index (κ3) is 1.99. The molecule has 2 atom stereocenters. The molecule has 1 aliphatic heterocycles. The van der Waals surface area contributed by atoms with Crippen molar-refractivity contribution in [3.05, 3.63) is 0 Å². The van der Waals surface area contributed by atoms with E-state index < -0.39 is 0 Å². The van der Waals surface area contributed by atoms with E-state index in [1.54, 1.807) is 6.92 Å². The molecule has 0 bridgehead atoms. The lowest BCUT2D eigenvalue weighted by atomic mass is 10.3. The first-order chi connectivity index (χ1) is 4.68. The van der Waals surface area contributed by atoms with Crippen molar-refractivity contribution in [3.8, 4) is 0 Å². The summed E-state index contributed by atoms with van der Waals surface area (Å²) in [6.45, 7) is 5.51. The van der Waals surface area contributed by atoms with E-state index in [1.807, 2.05) is 11.2 Å². The molecular formula is C7H14N2O. The molecule has 1 aliphatic rings. The van der Waals surface area contributed by atoms with Gasteiger partial charge in [-0.05, 0) is 13.8 Å².